The van der Waals surface area contributed by atoms with Gasteiger partial charge in [-0.1, -0.05) is 13.8 Å². The third-order valence-corrected chi connectivity index (χ3v) is 3.38. The number of carbonyl (C=O) groups is 3. The average Bonchev–Trinajstić information content (AvgIpc) is 3.26. The molecule has 2 heterocycles. The summed E-state index contributed by atoms with van der Waals surface area (Å²) in [6.07, 6.45) is 4.30. The summed E-state index contributed by atoms with van der Waals surface area (Å²) in [7, 11) is 0. The summed E-state index contributed by atoms with van der Waals surface area (Å²) < 4.78 is 10.2. The van der Waals surface area contributed by atoms with E-state index >= 15 is 0 Å². The molecule has 1 atom stereocenters. The molecule has 2 rings (SSSR count). The molecule has 0 aliphatic rings. The highest BCUT2D eigenvalue weighted by atomic mass is 16.4. The number of amides is 2. The maximum atomic E-state index is 12.5. The van der Waals surface area contributed by atoms with Crippen LogP contribution in [-0.4, -0.2) is 28.9 Å². The monoisotopic (exact) mass is 360 g/mol. The summed E-state index contributed by atoms with van der Waals surface area (Å²) in [6, 6.07) is 5.11. The number of carboxylic acid groups (broad SMARTS) is 1. The lowest BCUT2D eigenvalue weighted by molar-refractivity contribution is -0.141. The number of rotatable bonds is 8. The van der Waals surface area contributed by atoms with E-state index in [0.29, 0.717) is 5.76 Å². The van der Waals surface area contributed by atoms with Crippen LogP contribution in [0.5, 0.6) is 0 Å². The molecule has 138 valence electrons. The van der Waals surface area contributed by atoms with Crippen LogP contribution in [-0.2, 0) is 9.59 Å². The molecule has 3 N–H and O–H groups in total. The van der Waals surface area contributed by atoms with Crippen molar-refractivity contribution < 1.29 is 28.3 Å². The third-order valence-electron chi connectivity index (χ3n) is 3.38. The van der Waals surface area contributed by atoms with E-state index in [4.69, 9.17) is 8.83 Å². The minimum absolute atomic E-state index is 0.0140. The Hall–Kier alpha value is -3.29. The third kappa shape index (κ3) is 5.37. The Morgan fingerprint density at radius 3 is 2.38 bits per heavy atom. The van der Waals surface area contributed by atoms with Gasteiger partial charge in [-0.25, -0.2) is 4.79 Å². The lowest BCUT2D eigenvalue weighted by Crippen LogP contribution is -2.44. The highest BCUT2D eigenvalue weighted by Crippen LogP contribution is 2.10. The van der Waals surface area contributed by atoms with Crippen LogP contribution in [0.15, 0.2) is 51.3 Å². The van der Waals surface area contributed by atoms with Gasteiger partial charge in [-0.3, -0.25) is 9.59 Å². The van der Waals surface area contributed by atoms with Crippen LogP contribution in [0, 0.1) is 5.92 Å². The van der Waals surface area contributed by atoms with Crippen molar-refractivity contribution in [1.29, 1.82) is 0 Å². The van der Waals surface area contributed by atoms with E-state index in [1.54, 1.807) is 12.1 Å². The second-order valence-electron chi connectivity index (χ2n) is 6.00. The Kier molecular flexibility index (Phi) is 6.37. The van der Waals surface area contributed by atoms with Gasteiger partial charge in [0, 0.05) is 6.08 Å². The molecule has 0 aliphatic heterocycles. The van der Waals surface area contributed by atoms with E-state index in [-0.39, 0.29) is 23.8 Å². The molecule has 8 nitrogen and oxygen atoms in total. The van der Waals surface area contributed by atoms with Crippen molar-refractivity contribution in [3.8, 4) is 0 Å². The van der Waals surface area contributed by atoms with Gasteiger partial charge in [0.15, 0.2) is 5.76 Å². The fourth-order valence-electron chi connectivity index (χ4n) is 2.19. The summed E-state index contributed by atoms with van der Waals surface area (Å²) in [6.45, 7) is 3.70. The molecule has 0 unspecified atom stereocenters. The van der Waals surface area contributed by atoms with Crippen molar-refractivity contribution in [1.82, 2.24) is 10.6 Å². The van der Waals surface area contributed by atoms with Crippen LogP contribution in [0.4, 0.5) is 0 Å². The van der Waals surface area contributed by atoms with Gasteiger partial charge in [0.25, 0.3) is 11.8 Å². The summed E-state index contributed by atoms with van der Waals surface area (Å²) >= 11 is 0. The van der Waals surface area contributed by atoms with Gasteiger partial charge in [0.2, 0.25) is 0 Å². The molecular formula is C18H20N2O6. The number of carboxylic acids is 1. The quantitative estimate of drug-likeness (QED) is 0.621. The fourth-order valence-corrected chi connectivity index (χ4v) is 2.19. The topological polar surface area (TPSA) is 122 Å². The standard InChI is InChI=1S/C18H20N2O6/c1-11(2)9-14(18(23)24)20-16(21)13(10-12-5-3-7-25-12)19-17(22)15-6-4-8-26-15/h3-8,10-11,14H,9H2,1-2H3,(H,19,22)(H,20,21)(H,23,24)/t14-/m1/s1. The van der Waals surface area contributed by atoms with Crippen LogP contribution in [0.2, 0.25) is 0 Å². The van der Waals surface area contributed by atoms with Gasteiger partial charge >= 0.3 is 5.97 Å². The van der Waals surface area contributed by atoms with Crippen LogP contribution < -0.4 is 10.6 Å². The maximum absolute atomic E-state index is 12.5. The van der Waals surface area contributed by atoms with Crippen molar-refractivity contribution in [2.75, 3.05) is 0 Å². The van der Waals surface area contributed by atoms with Crippen LogP contribution >= 0.6 is 0 Å². The molecule has 2 aromatic heterocycles. The first kappa shape index (κ1) is 19.0. The molecule has 0 fully saturated rings. The van der Waals surface area contributed by atoms with Crippen LogP contribution in [0.1, 0.15) is 36.6 Å². The van der Waals surface area contributed by atoms with Crippen LogP contribution in [0.3, 0.4) is 0 Å². The smallest absolute Gasteiger partial charge is 0.326 e. The van der Waals surface area contributed by atoms with E-state index in [1.807, 2.05) is 13.8 Å². The maximum Gasteiger partial charge on any atom is 0.326 e. The molecular weight excluding hydrogens is 340 g/mol. The predicted octanol–water partition coefficient (Wildman–Crippen LogP) is 2.26. The minimum atomic E-state index is -1.15. The summed E-state index contributed by atoms with van der Waals surface area (Å²) in [5.74, 6) is -2.13. The molecule has 26 heavy (non-hydrogen) atoms. The SMILES string of the molecule is CC(C)C[C@@H](NC(=O)C(=Cc1ccco1)NC(=O)c1ccco1)C(=O)O. The summed E-state index contributed by atoms with van der Waals surface area (Å²) in [5, 5.41) is 14.1. The molecule has 2 amide bonds. The van der Waals surface area contributed by atoms with Crippen LogP contribution in [0.25, 0.3) is 6.08 Å². The van der Waals surface area contributed by atoms with E-state index in [2.05, 4.69) is 10.6 Å². The highest BCUT2D eigenvalue weighted by Gasteiger charge is 2.24. The zero-order chi connectivity index (χ0) is 19.1. The molecule has 8 heteroatoms. The average molecular weight is 360 g/mol. The van der Waals surface area contributed by atoms with Crippen molar-refractivity contribution in [2.45, 2.75) is 26.3 Å². The number of hydrogen-bond donors (Lipinski definition) is 3. The summed E-state index contributed by atoms with van der Waals surface area (Å²) in [4.78, 5) is 36.1. The lowest BCUT2D eigenvalue weighted by atomic mass is 10.0. The fraction of sp³-hybridized carbons (Fsp3) is 0.278. The Morgan fingerprint density at radius 2 is 1.85 bits per heavy atom. The van der Waals surface area contributed by atoms with Gasteiger partial charge in [-0.2, -0.15) is 0 Å². The van der Waals surface area contributed by atoms with E-state index in [1.165, 1.54) is 30.7 Å². The number of hydrogen-bond acceptors (Lipinski definition) is 5. The number of aliphatic carboxylic acids is 1. The normalized spacial score (nSPS) is 12.7. The number of furan rings is 2. The first-order valence-corrected chi connectivity index (χ1v) is 8.00. The summed E-state index contributed by atoms with van der Waals surface area (Å²) in [5.41, 5.74) is -0.156. The zero-order valence-electron chi connectivity index (χ0n) is 14.4. The first-order chi connectivity index (χ1) is 12.4. The Balaban J connectivity index is 2.21. The van der Waals surface area contributed by atoms with Gasteiger partial charge in [-0.15, -0.1) is 0 Å². The molecule has 0 aliphatic carbocycles. The molecule has 0 bridgehead atoms. The van der Waals surface area contributed by atoms with Crippen molar-refractivity contribution >= 4 is 23.9 Å². The van der Waals surface area contributed by atoms with E-state index in [9.17, 15) is 19.5 Å². The van der Waals surface area contributed by atoms with E-state index < -0.39 is 23.8 Å². The molecule has 2 aromatic rings. The first-order valence-electron chi connectivity index (χ1n) is 8.00. The van der Waals surface area contributed by atoms with Crippen molar-refractivity contribution in [3.05, 3.63) is 54.0 Å². The van der Waals surface area contributed by atoms with Gasteiger partial charge in [-0.05, 0) is 36.6 Å². The molecule has 0 radical (unpaired) electrons. The Labute approximate surface area is 149 Å². The second-order valence-corrected chi connectivity index (χ2v) is 6.00. The molecule has 0 spiro atoms. The lowest BCUT2D eigenvalue weighted by Gasteiger charge is -2.17. The van der Waals surface area contributed by atoms with Gasteiger partial charge in [0.05, 0.1) is 12.5 Å². The molecule has 0 saturated carbocycles. The highest BCUT2D eigenvalue weighted by molar-refractivity contribution is 6.05. The number of nitrogens with one attached hydrogen (secondary N) is 2. The largest absolute Gasteiger partial charge is 0.480 e. The Morgan fingerprint density at radius 1 is 1.15 bits per heavy atom. The number of carbonyl (C=O) groups excluding carboxylic acids is 2. The van der Waals surface area contributed by atoms with E-state index in [0.717, 1.165) is 0 Å². The Bertz CT molecular complexity index is 775. The van der Waals surface area contributed by atoms with Gasteiger partial charge in [0.1, 0.15) is 17.5 Å². The van der Waals surface area contributed by atoms with Crippen molar-refractivity contribution in [3.63, 3.8) is 0 Å². The van der Waals surface area contributed by atoms with Crippen molar-refractivity contribution in [2.24, 2.45) is 5.92 Å². The predicted molar refractivity (Wildman–Crippen MR) is 91.9 cm³/mol. The molecule has 0 aromatic carbocycles. The molecule has 0 saturated heterocycles. The minimum Gasteiger partial charge on any atom is -0.480 e. The zero-order valence-corrected chi connectivity index (χ0v) is 14.4. The van der Waals surface area contributed by atoms with Gasteiger partial charge < -0.3 is 24.6 Å². The second kappa shape index (κ2) is 8.70.